The van der Waals surface area contributed by atoms with Crippen LogP contribution in [0.15, 0.2) is 12.7 Å². The van der Waals surface area contributed by atoms with Gasteiger partial charge in [0, 0.05) is 26.2 Å². The first kappa shape index (κ1) is 11.7. The molecule has 0 unspecified atom stereocenters. The summed E-state index contributed by atoms with van der Waals surface area (Å²) in [7, 11) is 0. The van der Waals surface area contributed by atoms with Gasteiger partial charge in [-0.3, -0.25) is 0 Å². The molecule has 0 aromatic carbocycles. The van der Waals surface area contributed by atoms with Crippen molar-refractivity contribution in [3.05, 3.63) is 12.7 Å². The second-order valence-electron chi connectivity index (χ2n) is 5.04. The Balaban J connectivity index is 2.14. The van der Waals surface area contributed by atoms with Gasteiger partial charge in [-0.2, -0.15) is 0 Å². The average Bonchev–Trinajstić information content (AvgIpc) is 2.11. The highest BCUT2D eigenvalue weighted by molar-refractivity contribution is 4.80. The van der Waals surface area contributed by atoms with E-state index in [0.717, 1.165) is 13.1 Å². The third-order valence-corrected chi connectivity index (χ3v) is 2.87. The van der Waals surface area contributed by atoms with Crippen LogP contribution in [0.5, 0.6) is 0 Å². The number of nitrogens with zero attached hydrogens (tertiary/aromatic N) is 1. The van der Waals surface area contributed by atoms with Crippen molar-refractivity contribution >= 4 is 0 Å². The van der Waals surface area contributed by atoms with Crippen molar-refractivity contribution in [2.75, 3.05) is 32.7 Å². The summed E-state index contributed by atoms with van der Waals surface area (Å²) in [5, 5.41) is 3.35. The lowest BCUT2D eigenvalue weighted by Crippen LogP contribution is -2.43. The second kappa shape index (κ2) is 5.52. The van der Waals surface area contributed by atoms with Gasteiger partial charge in [0.15, 0.2) is 0 Å². The van der Waals surface area contributed by atoms with Crippen LogP contribution in [-0.2, 0) is 0 Å². The van der Waals surface area contributed by atoms with Crippen LogP contribution in [0.25, 0.3) is 0 Å². The summed E-state index contributed by atoms with van der Waals surface area (Å²) < 4.78 is 0. The molecule has 1 fully saturated rings. The van der Waals surface area contributed by atoms with E-state index in [4.69, 9.17) is 0 Å². The molecule has 0 saturated carbocycles. The first-order valence-corrected chi connectivity index (χ1v) is 5.68. The van der Waals surface area contributed by atoms with E-state index in [1.54, 1.807) is 0 Å². The lowest BCUT2D eigenvalue weighted by Gasteiger charge is -2.38. The van der Waals surface area contributed by atoms with E-state index in [0.29, 0.717) is 5.41 Å². The first-order valence-electron chi connectivity index (χ1n) is 5.68. The molecule has 0 amide bonds. The molecule has 0 aliphatic carbocycles. The largest absolute Gasteiger partial charge is 0.312 e. The summed E-state index contributed by atoms with van der Waals surface area (Å²) in [5.74, 6) is 0. The number of rotatable bonds is 5. The Bertz CT molecular complexity index is 175. The zero-order valence-corrected chi connectivity index (χ0v) is 9.68. The van der Waals surface area contributed by atoms with Gasteiger partial charge in [0.25, 0.3) is 0 Å². The normalized spacial score (nSPS) is 22.1. The molecule has 0 atom stereocenters. The van der Waals surface area contributed by atoms with Crippen LogP contribution in [0.2, 0.25) is 0 Å². The van der Waals surface area contributed by atoms with Crippen LogP contribution in [0, 0.1) is 5.41 Å². The summed E-state index contributed by atoms with van der Waals surface area (Å²) in [6, 6.07) is 0. The summed E-state index contributed by atoms with van der Waals surface area (Å²) in [6.45, 7) is 14.2. The fraction of sp³-hybridized carbons (Fsp3) is 0.833. The topological polar surface area (TPSA) is 15.3 Å². The number of nitrogens with one attached hydrogen (secondary N) is 1. The van der Waals surface area contributed by atoms with Crippen LogP contribution >= 0.6 is 0 Å². The molecular formula is C12H24N2. The molecule has 1 aliphatic heterocycles. The Labute approximate surface area is 88.4 Å². The van der Waals surface area contributed by atoms with Crippen molar-refractivity contribution in [1.29, 1.82) is 0 Å². The van der Waals surface area contributed by atoms with E-state index in [9.17, 15) is 0 Å². The van der Waals surface area contributed by atoms with Crippen LogP contribution in [0.1, 0.15) is 26.7 Å². The second-order valence-corrected chi connectivity index (χ2v) is 5.04. The van der Waals surface area contributed by atoms with Crippen molar-refractivity contribution in [2.24, 2.45) is 5.41 Å². The Morgan fingerprint density at radius 2 is 2.29 bits per heavy atom. The summed E-state index contributed by atoms with van der Waals surface area (Å²) >= 11 is 0. The van der Waals surface area contributed by atoms with Crippen molar-refractivity contribution in [3.8, 4) is 0 Å². The Morgan fingerprint density at radius 3 is 2.93 bits per heavy atom. The maximum Gasteiger partial charge on any atom is 0.0132 e. The molecule has 1 aliphatic rings. The minimum atomic E-state index is 0.524. The van der Waals surface area contributed by atoms with Crippen molar-refractivity contribution in [3.63, 3.8) is 0 Å². The van der Waals surface area contributed by atoms with Crippen molar-refractivity contribution in [2.45, 2.75) is 26.7 Å². The number of piperidine rings is 1. The molecule has 0 bridgehead atoms. The van der Waals surface area contributed by atoms with E-state index >= 15 is 0 Å². The molecular weight excluding hydrogens is 172 g/mol. The predicted molar refractivity (Wildman–Crippen MR) is 62.5 cm³/mol. The minimum absolute atomic E-state index is 0.524. The van der Waals surface area contributed by atoms with E-state index in [1.807, 2.05) is 6.08 Å². The molecule has 14 heavy (non-hydrogen) atoms. The van der Waals surface area contributed by atoms with Crippen molar-refractivity contribution < 1.29 is 0 Å². The van der Waals surface area contributed by atoms with Crippen LogP contribution in [-0.4, -0.2) is 37.6 Å². The van der Waals surface area contributed by atoms with E-state index < -0.39 is 0 Å². The average molecular weight is 196 g/mol. The minimum Gasteiger partial charge on any atom is -0.312 e. The summed E-state index contributed by atoms with van der Waals surface area (Å²) in [6.07, 6.45) is 4.65. The lowest BCUT2D eigenvalue weighted by atomic mass is 9.84. The van der Waals surface area contributed by atoms with Gasteiger partial charge in [0.1, 0.15) is 0 Å². The first-order chi connectivity index (χ1) is 6.64. The number of likely N-dealkylation sites (tertiary alicyclic amines) is 1. The highest BCUT2D eigenvalue weighted by Crippen LogP contribution is 2.27. The predicted octanol–water partition coefficient (Wildman–Crippen LogP) is 1.88. The lowest BCUT2D eigenvalue weighted by molar-refractivity contribution is 0.119. The van der Waals surface area contributed by atoms with E-state index in [2.05, 4.69) is 30.6 Å². The smallest absolute Gasteiger partial charge is 0.0132 e. The zero-order valence-electron chi connectivity index (χ0n) is 9.68. The molecule has 0 aromatic rings. The molecule has 2 nitrogen and oxygen atoms in total. The zero-order chi connectivity index (χ0) is 10.4. The molecule has 0 radical (unpaired) electrons. The third kappa shape index (κ3) is 4.25. The quantitative estimate of drug-likeness (QED) is 0.533. The molecule has 1 N–H and O–H groups in total. The summed E-state index contributed by atoms with van der Waals surface area (Å²) in [5.41, 5.74) is 0.524. The molecule has 1 rings (SSSR count). The molecule has 2 heteroatoms. The Morgan fingerprint density at radius 1 is 1.50 bits per heavy atom. The van der Waals surface area contributed by atoms with Gasteiger partial charge >= 0.3 is 0 Å². The van der Waals surface area contributed by atoms with Gasteiger partial charge in [-0.25, -0.2) is 0 Å². The van der Waals surface area contributed by atoms with Crippen LogP contribution in [0.4, 0.5) is 0 Å². The third-order valence-electron chi connectivity index (χ3n) is 2.87. The van der Waals surface area contributed by atoms with Crippen LogP contribution in [0.3, 0.4) is 0 Å². The van der Waals surface area contributed by atoms with E-state index in [1.165, 1.54) is 32.5 Å². The van der Waals surface area contributed by atoms with Gasteiger partial charge in [0.05, 0.1) is 0 Å². The monoisotopic (exact) mass is 196 g/mol. The Kier molecular flexibility index (Phi) is 4.63. The highest BCUT2D eigenvalue weighted by atomic mass is 15.1. The van der Waals surface area contributed by atoms with Gasteiger partial charge in [-0.1, -0.05) is 19.9 Å². The van der Waals surface area contributed by atoms with Crippen molar-refractivity contribution in [1.82, 2.24) is 10.2 Å². The fourth-order valence-electron chi connectivity index (χ4n) is 2.18. The number of hydrogen-bond donors (Lipinski definition) is 1. The standard InChI is InChI=1S/C12H24N2/c1-4-7-13-8-10-14-9-5-6-12(2,3)11-14/h4,13H,1,5-11H2,2-3H3. The summed E-state index contributed by atoms with van der Waals surface area (Å²) in [4.78, 5) is 2.57. The van der Waals surface area contributed by atoms with Crippen LogP contribution < -0.4 is 5.32 Å². The number of hydrogen-bond acceptors (Lipinski definition) is 2. The highest BCUT2D eigenvalue weighted by Gasteiger charge is 2.25. The van der Waals surface area contributed by atoms with Gasteiger partial charge in [-0.05, 0) is 24.8 Å². The maximum absolute atomic E-state index is 3.69. The van der Waals surface area contributed by atoms with Gasteiger partial charge in [-0.15, -0.1) is 6.58 Å². The fourth-order valence-corrected chi connectivity index (χ4v) is 2.18. The molecule has 82 valence electrons. The maximum atomic E-state index is 3.69. The molecule has 1 heterocycles. The Hall–Kier alpha value is -0.340. The van der Waals surface area contributed by atoms with E-state index in [-0.39, 0.29) is 0 Å². The SMILES string of the molecule is C=CCNCCN1CCCC(C)(C)C1. The van der Waals surface area contributed by atoms with Gasteiger partial charge in [0.2, 0.25) is 0 Å². The molecule has 0 spiro atoms. The van der Waals surface area contributed by atoms with Gasteiger partial charge < -0.3 is 10.2 Å². The molecule has 1 saturated heterocycles. The molecule has 0 aromatic heterocycles.